The molecule has 4 heteroatoms. The Morgan fingerprint density at radius 1 is 1.32 bits per heavy atom. The molecule has 1 aromatic rings. The van der Waals surface area contributed by atoms with Gasteiger partial charge in [-0.25, -0.2) is 0 Å². The topological polar surface area (TPSA) is 42.6 Å². The van der Waals surface area contributed by atoms with E-state index in [0.29, 0.717) is 18.1 Å². The van der Waals surface area contributed by atoms with E-state index in [0.717, 1.165) is 25.3 Å². The largest absolute Gasteiger partial charge is 0.338 e. The molecule has 3 rings (SSSR count). The van der Waals surface area contributed by atoms with Gasteiger partial charge >= 0.3 is 0 Å². The van der Waals surface area contributed by atoms with E-state index in [4.69, 9.17) is 5.26 Å². The van der Waals surface area contributed by atoms with Crippen molar-refractivity contribution in [3.05, 3.63) is 35.9 Å². The monoisotopic (exact) mass is 296 g/mol. The molecule has 0 unspecified atom stereocenters. The van der Waals surface area contributed by atoms with Gasteiger partial charge in [0.2, 0.25) is 6.19 Å². The van der Waals surface area contributed by atoms with E-state index in [2.05, 4.69) is 52.9 Å². The molecule has 0 aliphatic carbocycles. The van der Waals surface area contributed by atoms with Gasteiger partial charge in [-0.2, -0.15) is 10.3 Å². The molecule has 0 spiro atoms. The molecule has 2 atom stereocenters. The van der Waals surface area contributed by atoms with E-state index in [9.17, 15) is 0 Å². The number of fused-ring (bicyclic) bond motifs is 1. The third-order valence-electron chi connectivity index (χ3n) is 4.67. The first-order valence-corrected chi connectivity index (χ1v) is 8.23. The van der Waals surface area contributed by atoms with Gasteiger partial charge in [0.25, 0.3) is 0 Å². The zero-order valence-corrected chi connectivity index (χ0v) is 13.4. The van der Waals surface area contributed by atoms with Crippen LogP contribution in [-0.2, 0) is 6.54 Å². The summed E-state index contributed by atoms with van der Waals surface area (Å²) in [5.41, 5.74) is 1.28. The lowest BCUT2D eigenvalue weighted by Gasteiger charge is -2.25. The molecular formula is C18H24N4. The summed E-state index contributed by atoms with van der Waals surface area (Å²) in [6, 6.07) is 10.8. The van der Waals surface area contributed by atoms with Crippen LogP contribution in [0.5, 0.6) is 0 Å². The summed E-state index contributed by atoms with van der Waals surface area (Å²) in [7, 11) is 0. The van der Waals surface area contributed by atoms with Crippen LogP contribution >= 0.6 is 0 Å². The zero-order valence-electron chi connectivity index (χ0n) is 13.4. The van der Waals surface area contributed by atoms with Crippen LogP contribution in [-0.4, -0.2) is 34.4 Å². The smallest absolute Gasteiger partial charge is 0.207 e. The van der Waals surface area contributed by atoms with Gasteiger partial charge in [0.1, 0.15) is 5.84 Å². The first kappa shape index (κ1) is 15.1. The van der Waals surface area contributed by atoms with Crippen molar-refractivity contribution in [1.82, 2.24) is 9.80 Å². The molecule has 2 saturated heterocycles. The van der Waals surface area contributed by atoms with Gasteiger partial charge in [-0.15, -0.1) is 0 Å². The van der Waals surface area contributed by atoms with Crippen molar-refractivity contribution in [1.29, 1.82) is 5.26 Å². The molecule has 1 aromatic carbocycles. The molecule has 0 radical (unpaired) electrons. The highest BCUT2D eigenvalue weighted by molar-refractivity contribution is 5.90. The zero-order chi connectivity index (χ0) is 15.5. The van der Waals surface area contributed by atoms with Crippen molar-refractivity contribution >= 4 is 5.84 Å². The Morgan fingerprint density at radius 3 is 2.77 bits per heavy atom. The molecule has 4 nitrogen and oxygen atoms in total. The van der Waals surface area contributed by atoms with Gasteiger partial charge in [-0.3, -0.25) is 4.90 Å². The minimum atomic E-state index is 0.302. The summed E-state index contributed by atoms with van der Waals surface area (Å²) in [4.78, 5) is 9.14. The Labute approximate surface area is 133 Å². The molecule has 2 fully saturated rings. The summed E-state index contributed by atoms with van der Waals surface area (Å²) >= 11 is 0. The summed E-state index contributed by atoms with van der Waals surface area (Å²) in [5, 5.41) is 9.14. The number of nitriles is 1. The predicted molar refractivity (Wildman–Crippen MR) is 88.0 cm³/mol. The Hall–Kier alpha value is -1.86. The van der Waals surface area contributed by atoms with Crippen molar-refractivity contribution in [2.24, 2.45) is 10.9 Å². The van der Waals surface area contributed by atoms with Crippen molar-refractivity contribution in [3.8, 4) is 6.19 Å². The summed E-state index contributed by atoms with van der Waals surface area (Å²) in [5.74, 6) is 1.58. The second kappa shape index (κ2) is 6.50. The van der Waals surface area contributed by atoms with Crippen molar-refractivity contribution in [3.63, 3.8) is 0 Å². The number of hydrogen-bond donors (Lipinski definition) is 0. The number of aliphatic imine (C=N–C) groups is 1. The first-order chi connectivity index (χ1) is 10.7. The van der Waals surface area contributed by atoms with Crippen LogP contribution in [0, 0.1) is 17.4 Å². The maximum Gasteiger partial charge on any atom is 0.207 e. The molecule has 0 saturated carbocycles. The van der Waals surface area contributed by atoms with Crippen LogP contribution in [0.2, 0.25) is 0 Å². The minimum Gasteiger partial charge on any atom is -0.338 e. The highest BCUT2D eigenvalue weighted by Crippen LogP contribution is 2.35. The quantitative estimate of drug-likeness (QED) is 0.801. The van der Waals surface area contributed by atoms with Gasteiger partial charge in [0, 0.05) is 13.1 Å². The second-order valence-electron chi connectivity index (χ2n) is 6.69. The third kappa shape index (κ3) is 2.86. The number of benzene rings is 1. The van der Waals surface area contributed by atoms with E-state index in [1.165, 1.54) is 18.4 Å². The van der Waals surface area contributed by atoms with Crippen LogP contribution in [0.1, 0.15) is 38.7 Å². The molecule has 0 bridgehead atoms. The van der Waals surface area contributed by atoms with Crippen LogP contribution in [0.3, 0.4) is 0 Å². The molecule has 2 aliphatic heterocycles. The highest BCUT2D eigenvalue weighted by Gasteiger charge is 2.46. The highest BCUT2D eigenvalue weighted by atomic mass is 15.5. The normalized spacial score (nSPS) is 26.6. The van der Waals surface area contributed by atoms with Crippen LogP contribution in [0.25, 0.3) is 0 Å². The summed E-state index contributed by atoms with van der Waals surface area (Å²) in [6.07, 6.45) is 5.94. The second-order valence-corrected chi connectivity index (χ2v) is 6.69. The van der Waals surface area contributed by atoms with Crippen molar-refractivity contribution < 1.29 is 0 Å². The molecule has 22 heavy (non-hydrogen) atoms. The van der Waals surface area contributed by atoms with Gasteiger partial charge in [0.05, 0.1) is 12.2 Å². The fourth-order valence-electron chi connectivity index (χ4n) is 3.81. The number of rotatable bonds is 4. The van der Waals surface area contributed by atoms with Gasteiger partial charge in [-0.05, 0) is 30.7 Å². The number of amidine groups is 1. The average Bonchev–Trinajstić information content (AvgIpc) is 3.06. The van der Waals surface area contributed by atoms with E-state index in [-0.39, 0.29) is 0 Å². The summed E-state index contributed by atoms with van der Waals surface area (Å²) in [6.45, 7) is 6.46. The standard InChI is InChI=1S/C18H24N4/c1-14(2)11-16-18(20-13-19)22(17-9-6-10-21(16)17)12-15-7-4-3-5-8-15/h3-5,7-8,14,16-17H,6,9-12H2,1-2H3/t16-,17+/m0/s1. The van der Waals surface area contributed by atoms with Crippen LogP contribution in [0.4, 0.5) is 0 Å². The summed E-state index contributed by atoms with van der Waals surface area (Å²) < 4.78 is 0. The Balaban J connectivity index is 1.89. The maximum absolute atomic E-state index is 9.14. The maximum atomic E-state index is 9.14. The van der Waals surface area contributed by atoms with E-state index in [1.807, 2.05) is 12.3 Å². The molecule has 0 amide bonds. The SMILES string of the molecule is CC(C)C[C@H]1C(=NC#N)N(Cc2ccccc2)[C@@H]2CCCN12. The van der Waals surface area contributed by atoms with Crippen molar-refractivity contribution in [2.75, 3.05) is 6.54 Å². The Bertz CT molecular complexity index is 572. The van der Waals surface area contributed by atoms with Gasteiger partial charge in [-0.1, -0.05) is 44.2 Å². The van der Waals surface area contributed by atoms with Gasteiger partial charge in [0.15, 0.2) is 0 Å². The fraction of sp³-hybridized carbons (Fsp3) is 0.556. The third-order valence-corrected chi connectivity index (χ3v) is 4.67. The lowest BCUT2D eigenvalue weighted by Crippen LogP contribution is -2.35. The molecule has 2 heterocycles. The number of hydrogen-bond acceptors (Lipinski definition) is 3. The molecule has 116 valence electrons. The lowest BCUT2D eigenvalue weighted by molar-refractivity contribution is 0.161. The van der Waals surface area contributed by atoms with E-state index in [1.54, 1.807) is 0 Å². The van der Waals surface area contributed by atoms with E-state index >= 15 is 0 Å². The average molecular weight is 296 g/mol. The lowest BCUT2D eigenvalue weighted by atomic mass is 10.0. The molecule has 2 aliphatic rings. The van der Waals surface area contributed by atoms with Crippen LogP contribution < -0.4 is 0 Å². The van der Waals surface area contributed by atoms with E-state index < -0.39 is 0 Å². The van der Waals surface area contributed by atoms with Crippen molar-refractivity contribution in [2.45, 2.75) is 51.9 Å². The molecule has 0 N–H and O–H groups in total. The molecular weight excluding hydrogens is 272 g/mol. The Kier molecular flexibility index (Phi) is 4.44. The first-order valence-electron chi connectivity index (χ1n) is 8.23. The minimum absolute atomic E-state index is 0.302. The molecule has 0 aromatic heterocycles. The fourth-order valence-corrected chi connectivity index (χ4v) is 3.81. The Morgan fingerprint density at radius 2 is 2.09 bits per heavy atom. The van der Waals surface area contributed by atoms with Gasteiger partial charge < -0.3 is 4.90 Å². The predicted octanol–water partition coefficient (Wildman–Crippen LogP) is 3.22. The number of nitrogens with zero attached hydrogens (tertiary/aromatic N) is 4. The van der Waals surface area contributed by atoms with Crippen LogP contribution in [0.15, 0.2) is 35.3 Å².